The van der Waals surface area contributed by atoms with Crippen LogP contribution in [0.1, 0.15) is 27.6 Å². The summed E-state index contributed by atoms with van der Waals surface area (Å²) in [6.45, 7) is 0. The lowest BCUT2D eigenvalue weighted by atomic mass is 10.0. The molecule has 0 bridgehead atoms. The number of hydrogen-bond donors (Lipinski definition) is 2. The Morgan fingerprint density at radius 2 is 1.71 bits per heavy atom. The molecule has 0 unspecified atom stereocenters. The van der Waals surface area contributed by atoms with Crippen molar-refractivity contribution in [1.82, 2.24) is 0 Å². The summed E-state index contributed by atoms with van der Waals surface area (Å²) in [6.07, 6.45) is -0.722. The summed E-state index contributed by atoms with van der Waals surface area (Å²) in [4.78, 5) is 10.9. The van der Waals surface area contributed by atoms with E-state index in [-0.39, 0.29) is 5.56 Å². The summed E-state index contributed by atoms with van der Waals surface area (Å²) < 4.78 is 0. The molecular weight excluding hydrogens is 216 g/mol. The summed E-state index contributed by atoms with van der Waals surface area (Å²) in [5, 5.41) is 19.1. The first-order valence-corrected chi connectivity index (χ1v) is 5.33. The molecule has 0 heterocycles. The van der Waals surface area contributed by atoms with Crippen LogP contribution in [0.4, 0.5) is 0 Å². The Kier molecular flexibility index (Phi) is 2.03. The number of carbonyl (C=O) groups is 1. The van der Waals surface area contributed by atoms with Crippen LogP contribution in [0, 0.1) is 0 Å². The normalized spacial score (nSPS) is 16.4. The second-order valence-electron chi connectivity index (χ2n) is 4.10. The maximum absolute atomic E-state index is 10.9. The molecule has 0 fully saturated rings. The monoisotopic (exact) mass is 226 g/mol. The fraction of sp³-hybridized carbons (Fsp3) is 0.0714. The van der Waals surface area contributed by atoms with Crippen molar-refractivity contribution in [2.24, 2.45) is 0 Å². The summed E-state index contributed by atoms with van der Waals surface area (Å²) >= 11 is 0. The van der Waals surface area contributed by atoms with E-state index >= 15 is 0 Å². The van der Waals surface area contributed by atoms with E-state index in [1.165, 1.54) is 0 Å². The molecule has 0 aromatic heterocycles. The number of carboxylic acids is 1. The summed E-state index contributed by atoms with van der Waals surface area (Å²) in [5.41, 5.74) is 3.61. The average molecular weight is 226 g/mol. The molecule has 2 aromatic carbocycles. The average Bonchev–Trinajstić information content (AvgIpc) is 2.64. The highest BCUT2D eigenvalue weighted by molar-refractivity contribution is 5.90. The highest BCUT2D eigenvalue weighted by Crippen LogP contribution is 2.43. The van der Waals surface area contributed by atoms with Gasteiger partial charge in [-0.3, -0.25) is 0 Å². The van der Waals surface area contributed by atoms with Gasteiger partial charge in [0.1, 0.15) is 6.10 Å². The number of carboxylic acid groups (broad SMARTS) is 1. The minimum atomic E-state index is -0.976. The van der Waals surface area contributed by atoms with Crippen LogP contribution in [0.3, 0.4) is 0 Å². The number of aliphatic hydroxyl groups is 1. The highest BCUT2D eigenvalue weighted by Gasteiger charge is 2.27. The van der Waals surface area contributed by atoms with Crippen LogP contribution >= 0.6 is 0 Å². The molecule has 3 heteroatoms. The third-order valence-corrected chi connectivity index (χ3v) is 3.14. The summed E-state index contributed by atoms with van der Waals surface area (Å²) in [6, 6.07) is 12.4. The van der Waals surface area contributed by atoms with Crippen molar-refractivity contribution in [2.75, 3.05) is 0 Å². The number of aromatic carboxylic acids is 1. The first kappa shape index (κ1) is 10.1. The number of benzene rings is 2. The van der Waals surface area contributed by atoms with Gasteiger partial charge in [0.25, 0.3) is 0 Å². The fourth-order valence-corrected chi connectivity index (χ4v) is 2.32. The van der Waals surface area contributed by atoms with E-state index in [1.807, 2.05) is 24.3 Å². The van der Waals surface area contributed by atoms with Gasteiger partial charge in [-0.1, -0.05) is 30.3 Å². The fourth-order valence-electron chi connectivity index (χ4n) is 2.32. The van der Waals surface area contributed by atoms with Gasteiger partial charge in [0.15, 0.2) is 0 Å². The van der Waals surface area contributed by atoms with Gasteiger partial charge in [-0.05, 0) is 34.4 Å². The zero-order valence-electron chi connectivity index (χ0n) is 8.92. The molecule has 0 amide bonds. The van der Waals surface area contributed by atoms with Crippen molar-refractivity contribution in [3.8, 4) is 11.1 Å². The zero-order chi connectivity index (χ0) is 12.0. The maximum Gasteiger partial charge on any atom is 0.335 e. The first-order valence-electron chi connectivity index (χ1n) is 5.33. The van der Waals surface area contributed by atoms with E-state index in [0.717, 1.165) is 16.7 Å². The molecule has 2 aromatic rings. The molecule has 1 aliphatic carbocycles. The van der Waals surface area contributed by atoms with Crippen molar-refractivity contribution in [3.63, 3.8) is 0 Å². The Balaban J connectivity index is 2.24. The second kappa shape index (κ2) is 3.43. The minimum Gasteiger partial charge on any atom is -0.478 e. The molecule has 17 heavy (non-hydrogen) atoms. The van der Waals surface area contributed by atoms with E-state index < -0.39 is 12.1 Å². The second-order valence-corrected chi connectivity index (χ2v) is 4.10. The smallest absolute Gasteiger partial charge is 0.335 e. The van der Waals surface area contributed by atoms with Crippen LogP contribution in [0.25, 0.3) is 11.1 Å². The van der Waals surface area contributed by atoms with Gasteiger partial charge in [0.05, 0.1) is 5.56 Å². The maximum atomic E-state index is 10.9. The standard InChI is InChI=1S/C14H10O3/c15-13-11-4-2-1-3-9(11)10-6-5-8(14(16)17)7-12(10)13/h1-7,13,15H,(H,16,17)/t13-/m0/s1. The van der Waals surface area contributed by atoms with Gasteiger partial charge in [-0.2, -0.15) is 0 Å². The molecule has 0 saturated carbocycles. The molecule has 0 aliphatic heterocycles. The van der Waals surface area contributed by atoms with Gasteiger partial charge in [-0.25, -0.2) is 4.79 Å². The van der Waals surface area contributed by atoms with Crippen molar-refractivity contribution < 1.29 is 15.0 Å². The molecule has 84 valence electrons. The van der Waals surface area contributed by atoms with Crippen LogP contribution in [0.15, 0.2) is 42.5 Å². The lowest BCUT2D eigenvalue weighted by Crippen LogP contribution is -1.99. The topological polar surface area (TPSA) is 57.5 Å². The van der Waals surface area contributed by atoms with E-state index in [9.17, 15) is 9.90 Å². The van der Waals surface area contributed by atoms with E-state index in [0.29, 0.717) is 5.56 Å². The SMILES string of the molecule is O=C(O)c1ccc2c(c1)[C@@H](O)c1ccccc1-2. The number of hydrogen-bond acceptors (Lipinski definition) is 2. The Labute approximate surface area is 98.0 Å². The third-order valence-electron chi connectivity index (χ3n) is 3.14. The lowest BCUT2D eigenvalue weighted by Gasteiger charge is -2.05. The van der Waals surface area contributed by atoms with Gasteiger partial charge in [0.2, 0.25) is 0 Å². The van der Waals surface area contributed by atoms with Crippen molar-refractivity contribution in [3.05, 3.63) is 59.2 Å². The predicted octanol–water partition coefficient (Wildman–Crippen LogP) is 2.45. The molecule has 1 atom stereocenters. The van der Waals surface area contributed by atoms with Crippen LogP contribution in [0.2, 0.25) is 0 Å². The predicted molar refractivity (Wildman–Crippen MR) is 62.9 cm³/mol. The summed E-state index contributed by atoms with van der Waals surface area (Å²) in [7, 11) is 0. The van der Waals surface area contributed by atoms with Gasteiger partial charge < -0.3 is 10.2 Å². The molecule has 1 aliphatic rings. The molecule has 0 radical (unpaired) electrons. The van der Waals surface area contributed by atoms with Gasteiger partial charge in [0, 0.05) is 0 Å². The Morgan fingerprint density at radius 3 is 2.47 bits per heavy atom. The van der Waals surface area contributed by atoms with Crippen molar-refractivity contribution in [2.45, 2.75) is 6.10 Å². The van der Waals surface area contributed by atoms with Crippen LogP contribution < -0.4 is 0 Å². The minimum absolute atomic E-state index is 0.204. The Morgan fingerprint density at radius 1 is 1.00 bits per heavy atom. The van der Waals surface area contributed by atoms with Gasteiger partial charge >= 0.3 is 5.97 Å². The van der Waals surface area contributed by atoms with E-state index in [2.05, 4.69) is 0 Å². The number of rotatable bonds is 1. The van der Waals surface area contributed by atoms with Crippen molar-refractivity contribution >= 4 is 5.97 Å². The Hall–Kier alpha value is -2.13. The van der Waals surface area contributed by atoms with E-state index in [1.54, 1.807) is 18.2 Å². The van der Waals surface area contributed by atoms with Crippen LogP contribution in [0.5, 0.6) is 0 Å². The largest absolute Gasteiger partial charge is 0.478 e. The Bertz CT molecular complexity index is 617. The lowest BCUT2D eigenvalue weighted by molar-refractivity contribution is 0.0696. The van der Waals surface area contributed by atoms with Crippen molar-refractivity contribution in [1.29, 1.82) is 0 Å². The van der Waals surface area contributed by atoms with Crippen LogP contribution in [-0.2, 0) is 0 Å². The summed E-state index contributed by atoms with van der Waals surface area (Å²) in [5.74, 6) is -0.976. The van der Waals surface area contributed by atoms with Gasteiger partial charge in [-0.15, -0.1) is 0 Å². The zero-order valence-corrected chi connectivity index (χ0v) is 8.92. The molecule has 2 N–H and O–H groups in total. The quantitative estimate of drug-likeness (QED) is 0.785. The number of fused-ring (bicyclic) bond motifs is 3. The third kappa shape index (κ3) is 1.36. The molecule has 0 saturated heterocycles. The van der Waals surface area contributed by atoms with E-state index in [4.69, 9.17) is 5.11 Å². The molecule has 3 rings (SSSR count). The highest BCUT2D eigenvalue weighted by atomic mass is 16.4. The van der Waals surface area contributed by atoms with Crippen LogP contribution in [-0.4, -0.2) is 16.2 Å². The number of aliphatic hydroxyl groups excluding tert-OH is 1. The molecule has 3 nitrogen and oxygen atoms in total. The first-order chi connectivity index (χ1) is 8.18. The molecule has 0 spiro atoms. The molecular formula is C14H10O3.